The van der Waals surface area contributed by atoms with Gasteiger partial charge in [-0.25, -0.2) is 0 Å². The predicted molar refractivity (Wildman–Crippen MR) is 74.5 cm³/mol. The van der Waals surface area contributed by atoms with Crippen LogP contribution < -0.4 is 0 Å². The molecule has 1 rings (SSSR count). The Morgan fingerprint density at radius 2 is 1.94 bits per heavy atom. The maximum absolute atomic E-state index is 9.66. The van der Waals surface area contributed by atoms with Crippen LogP contribution in [-0.2, 0) is 6.42 Å². The van der Waals surface area contributed by atoms with Crippen LogP contribution in [0.2, 0.25) is 5.02 Å². The van der Waals surface area contributed by atoms with Crippen molar-refractivity contribution >= 4 is 11.6 Å². The minimum atomic E-state index is -0.138. The summed E-state index contributed by atoms with van der Waals surface area (Å²) < 4.78 is 0. The lowest BCUT2D eigenvalue weighted by Gasteiger charge is -2.13. The predicted octanol–water partition coefficient (Wildman–Crippen LogP) is 4.46. The SMILES string of the molecule is CC(C)C(O)CCCCCc1cccc(Cl)c1. The molecule has 1 atom stereocenters. The molecule has 0 aromatic heterocycles. The number of rotatable bonds is 7. The van der Waals surface area contributed by atoms with E-state index in [1.807, 2.05) is 18.2 Å². The molecule has 1 nitrogen and oxygen atoms in total. The fourth-order valence-electron chi connectivity index (χ4n) is 1.89. The normalized spacial score (nSPS) is 13.0. The molecule has 0 saturated heterocycles. The van der Waals surface area contributed by atoms with E-state index in [0.29, 0.717) is 5.92 Å². The number of unbranched alkanes of at least 4 members (excludes halogenated alkanes) is 2. The number of aryl methyl sites for hydroxylation is 1. The van der Waals surface area contributed by atoms with Crippen LogP contribution in [0.1, 0.15) is 45.1 Å². The Labute approximate surface area is 110 Å². The first-order valence-electron chi connectivity index (χ1n) is 6.52. The molecule has 1 aromatic rings. The second kappa shape index (κ2) is 7.73. The minimum absolute atomic E-state index is 0.138. The number of hydrogen-bond donors (Lipinski definition) is 1. The van der Waals surface area contributed by atoms with E-state index < -0.39 is 0 Å². The van der Waals surface area contributed by atoms with Crippen molar-refractivity contribution in [3.63, 3.8) is 0 Å². The number of halogens is 1. The molecule has 0 bridgehead atoms. The van der Waals surface area contributed by atoms with Gasteiger partial charge in [0.15, 0.2) is 0 Å². The maximum Gasteiger partial charge on any atom is 0.0563 e. The second-order valence-corrected chi connectivity index (χ2v) is 5.48. The van der Waals surface area contributed by atoms with E-state index in [9.17, 15) is 5.11 Å². The summed E-state index contributed by atoms with van der Waals surface area (Å²) in [5.74, 6) is 0.378. The lowest BCUT2D eigenvalue weighted by atomic mass is 9.99. The summed E-state index contributed by atoms with van der Waals surface area (Å²) in [6, 6.07) is 8.06. The van der Waals surface area contributed by atoms with Gasteiger partial charge in [0.1, 0.15) is 0 Å². The summed E-state index contributed by atoms with van der Waals surface area (Å²) in [6.45, 7) is 4.13. The van der Waals surface area contributed by atoms with Crippen LogP contribution in [-0.4, -0.2) is 11.2 Å². The quantitative estimate of drug-likeness (QED) is 0.713. The number of aliphatic hydroxyl groups is 1. The van der Waals surface area contributed by atoms with E-state index in [4.69, 9.17) is 11.6 Å². The summed E-state index contributed by atoms with van der Waals surface area (Å²) in [6.07, 6.45) is 5.33. The van der Waals surface area contributed by atoms with E-state index in [2.05, 4.69) is 19.9 Å². The molecule has 17 heavy (non-hydrogen) atoms. The Kier molecular flexibility index (Phi) is 6.61. The van der Waals surface area contributed by atoms with E-state index in [1.54, 1.807) is 0 Å². The van der Waals surface area contributed by atoms with Crippen molar-refractivity contribution in [2.75, 3.05) is 0 Å². The van der Waals surface area contributed by atoms with Crippen LogP contribution in [0, 0.1) is 5.92 Å². The largest absolute Gasteiger partial charge is 0.393 e. The molecule has 0 fully saturated rings. The topological polar surface area (TPSA) is 20.2 Å². The zero-order valence-corrected chi connectivity index (χ0v) is 11.6. The molecular weight excluding hydrogens is 232 g/mol. The lowest BCUT2D eigenvalue weighted by molar-refractivity contribution is 0.113. The van der Waals surface area contributed by atoms with Crippen molar-refractivity contribution in [1.29, 1.82) is 0 Å². The van der Waals surface area contributed by atoms with Gasteiger partial charge < -0.3 is 5.11 Å². The number of aliphatic hydroxyl groups excluding tert-OH is 1. The molecule has 2 heteroatoms. The fraction of sp³-hybridized carbons (Fsp3) is 0.600. The molecular formula is C15H23ClO. The maximum atomic E-state index is 9.66. The van der Waals surface area contributed by atoms with Gasteiger partial charge >= 0.3 is 0 Å². The van der Waals surface area contributed by atoms with Crippen molar-refractivity contribution in [3.05, 3.63) is 34.9 Å². The van der Waals surface area contributed by atoms with Gasteiger partial charge in [-0.05, 0) is 42.9 Å². The highest BCUT2D eigenvalue weighted by Crippen LogP contribution is 2.15. The third-order valence-corrected chi connectivity index (χ3v) is 3.36. The van der Waals surface area contributed by atoms with Gasteiger partial charge in [-0.1, -0.05) is 50.4 Å². The molecule has 1 aromatic carbocycles. The highest BCUT2D eigenvalue weighted by molar-refractivity contribution is 6.30. The fourth-order valence-corrected chi connectivity index (χ4v) is 2.10. The summed E-state index contributed by atoms with van der Waals surface area (Å²) in [7, 11) is 0. The van der Waals surface area contributed by atoms with Crippen molar-refractivity contribution < 1.29 is 5.11 Å². The van der Waals surface area contributed by atoms with Crippen molar-refractivity contribution in [3.8, 4) is 0 Å². The Hall–Kier alpha value is -0.530. The molecule has 0 aliphatic heterocycles. The van der Waals surface area contributed by atoms with Crippen LogP contribution in [0.15, 0.2) is 24.3 Å². The van der Waals surface area contributed by atoms with Gasteiger partial charge in [-0.3, -0.25) is 0 Å². The summed E-state index contributed by atoms with van der Waals surface area (Å²) in [5, 5.41) is 10.5. The minimum Gasteiger partial charge on any atom is -0.393 e. The van der Waals surface area contributed by atoms with Crippen molar-refractivity contribution in [1.82, 2.24) is 0 Å². The Morgan fingerprint density at radius 3 is 2.59 bits per heavy atom. The average Bonchev–Trinajstić information content (AvgIpc) is 2.28. The van der Waals surface area contributed by atoms with Crippen LogP contribution >= 0.6 is 11.6 Å². The number of benzene rings is 1. The third-order valence-electron chi connectivity index (χ3n) is 3.12. The Bertz CT molecular complexity index is 322. The standard InChI is InChI=1S/C15H23ClO/c1-12(2)15(17)10-5-3-4-7-13-8-6-9-14(16)11-13/h6,8-9,11-12,15,17H,3-5,7,10H2,1-2H3. The number of hydrogen-bond acceptors (Lipinski definition) is 1. The van der Waals surface area contributed by atoms with E-state index >= 15 is 0 Å². The first-order valence-corrected chi connectivity index (χ1v) is 6.90. The van der Waals surface area contributed by atoms with Crippen LogP contribution in [0.3, 0.4) is 0 Å². The first-order chi connectivity index (χ1) is 8.09. The highest BCUT2D eigenvalue weighted by Gasteiger charge is 2.07. The van der Waals surface area contributed by atoms with Gasteiger partial charge in [-0.2, -0.15) is 0 Å². The highest BCUT2D eigenvalue weighted by atomic mass is 35.5. The lowest BCUT2D eigenvalue weighted by Crippen LogP contribution is -2.13. The summed E-state index contributed by atoms with van der Waals surface area (Å²) in [5.41, 5.74) is 1.31. The van der Waals surface area contributed by atoms with Gasteiger partial charge in [-0.15, -0.1) is 0 Å². The third kappa shape index (κ3) is 6.09. The monoisotopic (exact) mass is 254 g/mol. The van der Waals surface area contributed by atoms with Crippen LogP contribution in [0.4, 0.5) is 0 Å². The molecule has 0 saturated carbocycles. The molecule has 0 aliphatic carbocycles. The molecule has 0 spiro atoms. The molecule has 96 valence electrons. The van der Waals surface area contributed by atoms with Gasteiger partial charge in [0.2, 0.25) is 0 Å². The van der Waals surface area contributed by atoms with Crippen molar-refractivity contribution in [2.45, 2.75) is 52.1 Å². The van der Waals surface area contributed by atoms with Gasteiger partial charge in [0.25, 0.3) is 0 Å². The summed E-state index contributed by atoms with van der Waals surface area (Å²) in [4.78, 5) is 0. The van der Waals surface area contributed by atoms with E-state index in [-0.39, 0.29) is 6.10 Å². The second-order valence-electron chi connectivity index (χ2n) is 5.04. The van der Waals surface area contributed by atoms with E-state index in [1.165, 1.54) is 18.4 Å². The Balaban J connectivity index is 2.12. The average molecular weight is 255 g/mol. The summed E-state index contributed by atoms with van der Waals surface area (Å²) >= 11 is 5.93. The van der Waals surface area contributed by atoms with Crippen LogP contribution in [0.25, 0.3) is 0 Å². The Morgan fingerprint density at radius 1 is 1.18 bits per heavy atom. The molecule has 0 radical (unpaired) electrons. The molecule has 0 aliphatic rings. The molecule has 0 amide bonds. The molecule has 1 N–H and O–H groups in total. The van der Waals surface area contributed by atoms with Gasteiger partial charge in [0.05, 0.1) is 6.10 Å². The molecule has 1 unspecified atom stereocenters. The first kappa shape index (κ1) is 14.5. The van der Waals surface area contributed by atoms with Crippen LogP contribution in [0.5, 0.6) is 0 Å². The zero-order chi connectivity index (χ0) is 12.7. The molecule has 0 heterocycles. The van der Waals surface area contributed by atoms with Crippen molar-refractivity contribution in [2.24, 2.45) is 5.92 Å². The smallest absolute Gasteiger partial charge is 0.0563 e. The zero-order valence-electron chi connectivity index (χ0n) is 10.8. The van der Waals surface area contributed by atoms with Gasteiger partial charge in [0, 0.05) is 5.02 Å². The van der Waals surface area contributed by atoms with E-state index in [0.717, 1.165) is 24.3 Å².